The summed E-state index contributed by atoms with van der Waals surface area (Å²) < 4.78 is 20.6. The molecule has 1 fully saturated rings. The molecule has 0 radical (unpaired) electrons. The predicted octanol–water partition coefficient (Wildman–Crippen LogP) is 5.48. The summed E-state index contributed by atoms with van der Waals surface area (Å²) in [5.74, 6) is -0.210. The Morgan fingerprint density at radius 1 is 0.971 bits per heavy atom. The van der Waals surface area contributed by atoms with Crippen LogP contribution in [0.25, 0.3) is 0 Å². The number of aromatic nitrogens is 1. The van der Waals surface area contributed by atoms with E-state index < -0.39 is 11.4 Å². The molecule has 34 heavy (non-hydrogen) atoms. The van der Waals surface area contributed by atoms with E-state index in [2.05, 4.69) is 10.3 Å². The van der Waals surface area contributed by atoms with Gasteiger partial charge in [-0.2, -0.15) is 0 Å². The van der Waals surface area contributed by atoms with E-state index in [1.165, 1.54) is 6.07 Å². The van der Waals surface area contributed by atoms with Gasteiger partial charge in [0.2, 0.25) is 0 Å². The fourth-order valence-electron chi connectivity index (χ4n) is 3.97. The number of rotatable bonds is 5. The molecule has 2 aromatic carbocycles. The van der Waals surface area contributed by atoms with E-state index in [1.807, 2.05) is 86.3 Å². The Morgan fingerprint density at radius 3 is 2.03 bits per heavy atom. The van der Waals surface area contributed by atoms with Gasteiger partial charge in [0.25, 0.3) is 0 Å². The molecule has 3 aromatic rings. The number of amides is 1. The molecule has 1 saturated heterocycles. The molecule has 178 valence electrons. The predicted molar refractivity (Wildman–Crippen MR) is 133 cm³/mol. The summed E-state index contributed by atoms with van der Waals surface area (Å²) in [6.07, 6.45) is 1.37. The quantitative estimate of drug-likeness (QED) is 0.544. The highest BCUT2D eigenvalue weighted by Crippen LogP contribution is 2.28. The highest BCUT2D eigenvalue weighted by Gasteiger charge is 2.26. The molecule has 0 atom stereocenters. The molecule has 1 aliphatic heterocycles. The first-order valence-electron chi connectivity index (χ1n) is 11.5. The van der Waals surface area contributed by atoms with Crippen molar-refractivity contribution < 1.29 is 13.9 Å². The zero-order chi connectivity index (χ0) is 24.1. The van der Waals surface area contributed by atoms with Crippen molar-refractivity contribution in [3.05, 3.63) is 89.9 Å². The molecule has 0 bridgehead atoms. The van der Waals surface area contributed by atoms with Gasteiger partial charge in [-0.15, -0.1) is 0 Å². The normalized spacial score (nSPS) is 14.3. The van der Waals surface area contributed by atoms with Crippen LogP contribution in [-0.2, 0) is 4.74 Å². The summed E-state index contributed by atoms with van der Waals surface area (Å²) >= 11 is 0. The van der Waals surface area contributed by atoms with Crippen LogP contribution in [0.4, 0.5) is 20.7 Å². The summed E-state index contributed by atoms with van der Waals surface area (Å²) in [5.41, 5.74) is 2.22. The van der Waals surface area contributed by atoms with E-state index >= 15 is 4.39 Å². The van der Waals surface area contributed by atoms with Crippen molar-refractivity contribution in [2.24, 2.45) is 0 Å². The lowest BCUT2D eigenvalue weighted by atomic mass is 9.99. The number of carbonyl (C=O) groups excluding carboxylic acids is 1. The smallest absolute Gasteiger partial charge is 0.410 e. The van der Waals surface area contributed by atoms with Crippen LogP contribution in [0.15, 0.2) is 72.9 Å². The summed E-state index contributed by atoms with van der Waals surface area (Å²) in [5, 5.41) is 3.28. The van der Waals surface area contributed by atoms with Gasteiger partial charge in [0, 0.05) is 32.2 Å². The van der Waals surface area contributed by atoms with E-state index in [-0.39, 0.29) is 18.0 Å². The van der Waals surface area contributed by atoms with Gasteiger partial charge in [-0.3, -0.25) is 0 Å². The van der Waals surface area contributed by atoms with Crippen LogP contribution in [0.1, 0.15) is 37.9 Å². The Morgan fingerprint density at radius 2 is 1.53 bits per heavy atom. The van der Waals surface area contributed by atoms with Crippen molar-refractivity contribution in [1.29, 1.82) is 0 Å². The van der Waals surface area contributed by atoms with Crippen molar-refractivity contribution >= 4 is 17.6 Å². The van der Waals surface area contributed by atoms with Gasteiger partial charge in [-0.05, 0) is 31.9 Å². The molecular weight excluding hydrogens is 431 g/mol. The number of ether oxygens (including phenoxy) is 1. The molecule has 1 aromatic heterocycles. The third-order valence-electron chi connectivity index (χ3n) is 5.67. The van der Waals surface area contributed by atoms with Gasteiger partial charge in [-0.25, -0.2) is 14.2 Å². The highest BCUT2D eigenvalue weighted by atomic mass is 19.1. The largest absolute Gasteiger partial charge is 0.444 e. The zero-order valence-corrected chi connectivity index (χ0v) is 19.9. The molecule has 0 aliphatic carbocycles. The van der Waals surface area contributed by atoms with E-state index in [0.29, 0.717) is 31.9 Å². The maximum absolute atomic E-state index is 15.2. The second-order valence-corrected chi connectivity index (χ2v) is 9.38. The first-order chi connectivity index (χ1) is 16.3. The minimum atomic E-state index is -0.526. The highest BCUT2D eigenvalue weighted by molar-refractivity contribution is 5.68. The molecule has 1 aliphatic rings. The average Bonchev–Trinajstić information content (AvgIpc) is 2.83. The number of carbonyl (C=O) groups is 1. The second-order valence-electron chi connectivity index (χ2n) is 9.38. The molecule has 6 nitrogen and oxygen atoms in total. The van der Waals surface area contributed by atoms with Crippen molar-refractivity contribution in [3.8, 4) is 0 Å². The number of nitrogens with one attached hydrogen (secondary N) is 1. The third-order valence-corrected chi connectivity index (χ3v) is 5.67. The molecule has 4 rings (SSSR count). The Balaban J connectivity index is 1.45. The van der Waals surface area contributed by atoms with Crippen molar-refractivity contribution in [2.45, 2.75) is 32.4 Å². The number of pyridine rings is 1. The summed E-state index contributed by atoms with van der Waals surface area (Å²) in [7, 11) is 0. The summed E-state index contributed by atoms with van der Waals surface area (Å²) in [4.78, 5) is 20.4. The van der Waals surface area contributed by atoms with Crippen LogP contribution < -0.4 is 10.2 Å². The molecule has 1 N–H and O–H groups in total. The van der Waals surface area contributed by atoms with Crippen LogP contribution in [-0.4, -0.2) is 47.8 Å². The molecule has 7 heteroatoms. The maximum atomic E-state index is 15.2. The number of halogens is 1. The van der Waals surface area contributed by atoms with Crippen LogP contribution >= 0.6 is 0 Å². The number of piperazine rings is 1. The first kappa shape index (κ1) is 23.5. The molecule has 1 amide bonds. The lowest BCUT2D eigenvalue weighted by molar-refractivity contribution is 0.0240. The minimum Gasteiger partial charge on any atom is -0.444 e. The fraction of sp³-hybridized carbons (Fsp3) is 0.333. The maximum Gasteiger partial charge on any atom is 0.410 e. The van der Waals surface area contributed by atoms with Gasteiger partial charge < -0.3 is 19.9 Å². The van der Waals surface area contributed by atoms with Gasteiger partial charge in [0.05, 0.1) is 17.9 Å². The Kier molecular flexibility index (Phi) is 7.01. The standard InChI is InChI=1S/C27H31FN4O2/c1-27(2,3)34-26(33)32-16-14-31(15-17-32)22-18-23(28)25(29-19-22)30-24(20-10-6-4-7-11-20)21-12-8-5-9-13-21/h4-13,18-19,24H,14-17H2,1-3H3,(H,29,30). The Bertz CT molecular complexity index is 1060. The number of hydrogen-bond acceptors (Lipinski definition) is 5. The van der Waals surface area contributed by atoms with Gasteiger partial charge in [0.1, 0.15) is 5.60 Å². The van der Waals surface area contributed by atoms with Gasteiger partial charge >= 0.3 is 6.09 Å². The molecule has 0 saturated carbocycles. The zero-order valence-electron chi connectivity index (χ0n) is 19.9. The lowest BCUT2D eigenvalue weighted by Gasteiger charge is -2.36. The van der Waals surface area contributed by atoms with Crippen molar-refractivity contribution in [1.82, 2.24) is 9.88 Å². The van der Waals surface area contributed by atoms with Crippen LogP contribution in [0.2, 0.25) is 0 Å². The fourth-order valence-corrected chi connectivity index (χ4v) is 3.97. The van der Waals surface area contributed by atoms with Crippen LogP contribution in [0.3, 0.4) is 0 Å². The van der Waals surface area contributed by atoms with E-state index in [4.69, 9.17) is 4.74 Å². The van der Waals surface area contributed by atoms with Gasteiger partial charge in [0.15, 0.2) is 11.6 Å². The van der Waals surface area contributed by atoms with E-state index in [9.17, 15) is 4.79 Å². The lowest BCUT2D eigenvalue weighted by Crippen LogP contribution is -2.50. The molecule has 2 heterocycles. The number of benzene rings is 2. The van der Waals surface area contributed by atoms with E-state index in [0.717, 1.165) is 11.1 Å². The topological polar surface area (TPSA) is 57.7 Å². The number of nitrogens with zero attached hydrogens (tertiary/aromatic N) is 3. The number of hydrogen-bond donors (Lipinski definition) is 1. The average molecular weight is 463 g/mol. The van der Waals surface area contributed by atoms with Gasteiger partial charge in [-0.1, -0.05) is 60.7 Å². The van der Waals surface area contributed by atoms with Crippen LogP contribution in [0, 0.1) is 5.82 Å². The SMILES string of the molecule is CC(C)(C)OC(=O)N1CCN(c2cnc(NC(c3ccccc3)c3ccccc3)c(F)c2)CC1. The van der Waals surface area contributed by atoms with Crippen molar-refractivity contribution in [2.75, 3.05) is 36.4 Å². The molecule has 0 spiro atoms. The molecular formula is C27H31FN4O2. The molecule has 0 unspecified atom stereocenters. The Hall–Kier alpha value is -3.61. The third kappa shape index (κ3) is 5.84. The van der Waals surface area contributed by atoms with Crippen molar-refractivity contribution in [3.63, 3.8) is 0 Å². The summed E-state index contributed by atoms with van der Waals surface area (Å²) in [6, 6.07) is 21.1. The second kappa shape index (κ2) is 10.1. The Labute approximate surface area is 200 Å². The summed E-state index contributed by atoms with van der Waals surface area (Å²) in [6.45, 7) is 7.76. The minimum absolute atomic E-state index is 0.203. The monoisotopic (exact) mass is 462 g/mol. The van der Waals surface area contributed by atoms with Crippen LogP contribution in [0.5, 0.6) is 0 Å². The van der Waals surface area contributed by atoms with E-state index in [1.54, 1.807) is 11.1 Å². The number of anilines is 2. The first-order valence-corrected chi connectivity index (χ1v) is 11.5.